The molecule has 0 aromatic carbocycles. The smallest absolute Gasteiger partial charge is 0.161 e. The van der Waals surface area contributed by atoms with Gasteiger partial charge in [-0.05, 0) is 25.3 Å². The van der Waals surface area contributed by atoms with Crippen molar-refractivity contribution in [2.45, 2.75) is 130 Å². The van der Waals surface area contributed by atoms with E-state index >= 15 is 0 Å². The van der Waals surface area contributed by atoms with Crippen LogP contribution in [-0.2, 0) is 4.79 Å². The van der Waals surface area contributed by atoms with Gasteiger partial charge in [-0.1, -0.05) is 117 Å². The Balaban J connectivity index is 3.83. The molecule has 0 rings (SSSR count). The lowest BCUT2D eigenvalue weighted by Gasteiger charge is -2.16. The average Bonchev–Trinajstić information content (AvgIpc) is 2.60. The van der Waals surface area contributed by atoms with Crippen molar-refractivity contribution in [3.63, 3.8) is 0 Å². The molecule has 1 atom stereocenters. The number of ketones is 1. The minimum absolute atomic E-state index is 0.244. The van der Waals surface area contributed by atoms with Crippen molar-refractivity contribution in [1.82, 2.24) is 0 Å². The molecule has 25 heavy (non-hydrogen) atoms. The van der Waals surface area contributed by atoms with Gasteiger partial charge in [-0.2, -0.15) is 0 Å². The van der Waals surface area contributed by atoms with Crippen LogP contribution in [0.5, 0.6) is 0 Å². The van der Waals surface area contributed by atoms with Crippen LogP contribution in [0.25, 0.3) is 0 Å². The molecule has 1 heteroatoms. The second-order valence-electron chi connectivity index (χ2n) is 8.02. The van der Waals surface area contributed by atoms with E-state index in [1.807, 2.05) is 6.92 Å². The van der Waals surface area contributed by atoms with Crippen molar-refractivity contribution in [2.75, 3.05) is 0 Å². The van der Waals surface area contributed by atoms with Crippen LogP contribution in [0, 0.1) is 5.92 Å². The van der Waals surface area contributed by atoms with E-state index in [9.17, 15) is 4.79 Å². The first-order chi connectivity index (χ1) is 12.1. The first kappa shape index (κ1) is 24.4. The molecule has 0 aliphatic rings. The summed E-state index contributed by atoms with van der Waals surface area (Å²) in [5, 5.41) is 0. The standard InChI is InChI=1S/C24H46O/c1-5-7-9-11-13-15-17-19-21-23(24(25)22(3)4)20-18-16-14-12-10-8-6-2/h23H,3,5-21H2,1-2,4H3. The van der Waals surface area contributed by atoms with Crippen molar-refractivity contribution in [2.24, 2.45) is 5.92 Å². The molecular formula is C24H46O. The number of hydrogen-bond donors (Lipinski definition) is 0. The summed E-state index contributed by atoms with van der Waals surface area (Å²) >= 11 is 0. The van der Waals surface area contributed by atoms with Gasteiger partial charge in [0.1, 0.15) is 0 Å². The SMILES string of the molecule is C=C(C)C(=O)C(CCCCCCCCC)CCCCCCCCCC. The second-order valence-corrected chi connectivity index (χ2v) is 8.02. The third kappa shape index (κ3) is 15.4. The number of unbranched alkanes of at least 4 members (excludes halogenated alkanes) is 13. The monoisotopic (exact) mass is 350 g/mol. The summed E-state index contributed by atoms with van der Waals surface area (Å²) < 4.78 is 0. The fourth-order valence-corrected chi connectivity index (χ4v) is 3.63. The van der Waals surface area contributed by atoms with E-state index < -0.39 is 0 Å². The van der Waals surface area contributed by atoms with E-state index in [1.165, 1.54) is 96.3 Å². The van der Waals surface area contributed by atoms with Gasteiger partial charge in [-0.25, -0.2) is 0 Å². The van der Waals surface area contributed by atoms with Gasteiger partial charge in [0.05, 0.1) is 0 Å². The quantitative estimate of drug-likeness (QED) is 0.169. The Labute approximate surface area is 159 Å². The van der Waals surface area contributed by atoms with E-state index in [4.69, 9.17) is 0 Å². The van der Waals surface area contributed by atoms with Gasteiger partial charge in [-0.3, -0.25) is 4.79 Å². The molecule has 0 heterocycles. The first-order valence-electron chi connectivity index (χ1n) is 11.3. The van der Waals surface area contributed by atoms with Crippen LogP contribution < -0.4 is 0 Å². The summed E-state index contributed by atoms with van der Waals surface area (Å²) in [7, 11) is 0. The molecule has 0 aliphatic carbocycles. The van der Waals surface area contributed by atoms with Crippen molar-refractivity contribution >= 4 is 5.78 Å². The Kier molecular flexibility index (Phi) is 17.8. The molecule has 0 amide bonds. The maximum Gasteiger partial charge on any atom is 0.161 e. The maximum atomic E-state index is 12.4. The minimum Gasteiger partial charge on any atom is -0.294 e. The van der Waals surface area contributed by atoms with Crippen LogP contribution in [0.4, 0.5) is 0 Å². The normalized spacial score (nSPS) is 12.3. The molecule has 0 aromatic heterocycles. The highest BCUT2D eigenvalue weighted by molar-refractivity contribution is 5.95. The van der Waals surface area contributed by atoms with E-state index in [-0.39, 0.29) is 5.92 Å². The number of carbonyl (C=O) groups is 1. The molecule has 0 saturated heterocycles. The molecular weight excluding hydrogens is 304 g/mol. The topological polar surface area (TPSA) is 17.1 Å². The molecule has 1 nitrogen and oxygen atoms in total. The van der Waals surface area contributed by atoms with E-state index in [0.29, 0.717) is 5.78 Å². The molecule has 1 unspecified atom stereocenters. The van der Waals surface area contributed by atoms with Crippen LogP contribution in [0.15, 0.2) is 12.2 Å². The van der Waals surface area contributed by atoms with Crippen LogP contribution in [-0.4, -0.2) is 5.78 Å². The van der Waals surface area contributed by atoms with E-state index in [2.05, 4.69) is 20.4 Å². The molecule has 0 spiro atoms. The van der Waals surface area contributed by atoms with E-state index in [1.54, 1.807) is 0 Å². The predicted molar refractivity (Wildman–Crippen MR) is 113 cm³/mol. The summed E-state index contributed by atoms with van der Waals surface area (Å²) in [6.07, 6.45) is 22.1. The Morgan fingerprint density at radius 1 is 0.640 bits per heavy atom. The van der Waals surface area contributed by atoms with Gasteiger partial charge < -0.3 is 0 Å². The number of rotatable bonds is 19. The molecule has 0 N–H and O–H groups in total. The van der Waals surface area contributed by atoms with Gasteiger partial charge in [0.2, 0.25) is 0 Å². The maximum absolute atomic E-state index is 12.4. The molecule has 0 bridgehead atoms. The van der Waals surface area contributed by atoms with Crippen LogP contribution in [0.3, 0.4) is 0 Å². The first-order valence-corrected chi connectivity index (χ1v) is 11.3. The zero-order chi connectivity index (χ0) is 18.8. The Bertz CT molecular complexity index is 318. The zero-order valence-electron chi connectivity index (χ0n) is 17.7. The summed E-state index contributed by atoms with van der Waals surface area (Å²) in [6.45, 7) is 10.3. The second kappa shape index (κ2) is 18.2. The Morgan fingerprint density at radius 2 is 0.960 bits per heavy atom. The van der Waals surface area contributed by atoms with Crippen LogP contribution in [0.1, 0.15) is 130 Å². The molecule has 0 aromatic rings. The highest BCUT2D eigenvalue weighted by atomic mass is 16.1. The largest absolute Gasteiger partial charge is 0.294 e. The Hall–Kier alpha value is -0.590. The average molecular weight is 351 g/mol. The lowest BCUT2D eigenvalue weighted by molar-refractivity contribution is -0.119. The van der Waals surface area contributed by atoms with Gasteiger partial charge in [-0.15, -0.1) is 0 Å². The van der Waals surface area contributed by atoms with Gasteiger partial charge >= 0.3 is 0 Å². The van der Waals surface area contributed by atoms with E-state index in [0.717, 1.165) is 18.4 Å². The lowest BCUT2D eigenvalue weighted by Crippen LogP contribution is -2.15. The molecule has 0 aliphatic heterocycles. The third-order valence-corrected chi connectivity index (χ3v) is 5.35. The van der Waals surface area contributed by atoms with Crippen molar-refractivity contribution in [1.29, 1.82) is 0 Å². The van der Waals surface area contributed by atoms with Gasteiger partial charge in [0.15, 0.2) is 5.78 Å². The fraction of sp³-hybridized carbons (Fsp3) is 0.875. The number of hydrogen-bond acceptors (Lipinski definition) is 1. The summed E-state index contributed by atoms with van der Waals surface area (Å²) in [5.74, 6) is 0.571. The Morgan fingerprint density at radius 3 is 1.28 bits per heavy atom. The predicted octanol–water partition coefficient (Wildman–Crippen LogP) is 8.42. The number of allylic oxidation sites excluding steroid dienone is 1. The summed E-state index contributed by atoms with van der Waals surface area (Å²) in [6, 6.07) is 0. The molecule has 148 valence electrons. The summed E-state index contributed by atoms with van der Waals surface area (Å²) in [4.78, 5) is 12.4. The fourth-order valence-electron chi connectivity index (χ4n) is 3.63. The molecule has 0 fully saturated rings. The van der Waals surface area contributed by atoms with Gasteiger partial charge in [0, 0.05) is 5.92 Å². The summed E-state index contributed by atoms with van der Waals surface area (Å²) in [5.41, 5.74) is 0.757. The van der Waals surface area contributed by atoms with Crippen LogP contribution >= 0.6 is 0 Å². The van der Waals surface area contributed by atoms with Crippen molar-refractivity contribution < 1.29 is 4.79 Å². The van der Waals surface area contributed by atoms with Gasteiger partial charge in [0.25, 0.3) is 0 Å². The highest BCUT2D eigenvalue weighted by Gasteiger charge is 2.17. The minimum atomic E-state index is 0.244. The highest BCUT2D eigenvalue weighted by Crippen LogP contribution is 2.22. The third-order valence-electron chi connectivity index (χ3n) is 5.35. The van der Waals surface area contributed by atoms with Crippen molar-refractivity contribution in [3.8, 4) is 0 Å². The van der Waals surface area contributed by atoms with Crippen LogP contribution in [0.2, 0.25) is 0 Å². The number of Topliss-reactive ketones (excluding diaryl/α,β-unsaturated/α-hetero) is 1. The molecule has 0 radical (unpaired) electrons. The van der Waals surface area contributed by atoms with Crippen molar-refractivity contribution in [3.05, 3.63) is 12.2 Å². The number of carbonyl (C=O) groups excluding carboxylic acids is 1. The zero-order valence-corrected chi connectivity index (χ0v) is 17.7. The lowest BCUT2D eigenvalue weighted by atomic mass is 9.88. The molecule has 0 saturated carbocycles.